The molecule has 33 heavy (non-hydrogen) atoms. The summed E-state index contributed by atoms with van der Waals surface area (Å²) >= 11 is 4.89. The van der Waals surface area contributed by atoms with Crippen LogP contribution in [-0.4, -0.2) is 52.8 Å². The molecule has 1 saturated heterocycles. The SMILES string of the molecule is CCCCN(CCCC)CCCN1C(=O)C(=O)/C(=C(/O)c2ccc(Br)cc2)C1c1cccs1. The van der Waals surface area contributed by atoms with Crippen molar-refractivity contribution in [3.8, 4) is 0 Å². The highest BCUT2D eigenvalue weighted by Gasteiger charge is 2.46. The van der Waals surface area contributed by atoms with Crippen LogP contribution >= 0.6 is 27.3 Å². The van der Waals surface area contributed by atoms with Crippen molar-refractivity contribution in [2.45, 2.75) is 52.0 Å². The standard InChI is InChI=1S/C26H33BrN2O3S/c1-3-5-14-28(15-6-4-2)16-8-17-29-23(21-9-7-18-33-21)22(25(31)26(29)32)24(30)19-10-12-20(27)13-11-19/h7,9-13,18,23,30H,3-6,8,14-17H2,1-2H3/b24-22+. The van der Waals surface area contributed by atoms with E-state index in [0.29, 0.717) is 12.1 Å². The van der Waals surface area contributed by atoms with Gasteiger partial charge >= 0.3 is 0 Å². The molecule has 1 aliphatic rings. The number of halogens is 1. The van der Waals surface area contributed by atoms with E-state index in [1.54, 1.807) is 17.0 Å². The fourth-order valence-corrected chi connectivity index (χ4v) is 5.29. The van der Waals surface area contributed by atoms with Crippen molar-refractivity contribution in [3.63, 3.8) is 0 Å². The molecule has 0 radical (unpaired) electrons. The first-order valence-corrected chi connectivity index (χ1v) is 13.4. The lowest BCUT2D eigenvalue weighted by molar-refractivity contribution is -0.139. The van der Waals surface area contributed by atoms with Crippen LogP contribution in [0.4, 0.5) is 0 Å². The number of hydrogen-bond acceptors (Lipinski definition) is 5. The van der Waals surface area contributed by atoms with Crippen LogP contribution in [0.5, 0.6) is 0 Å². The van der Waals surface area contributed by atoms with Gasteiger partial charge in [-0.15, -0.1) is 11.3 Å². The minimum Gasteiger partial charge on any atom is -0.507 e. The minimum absolute atomic E-state index is 0.116. The van der Waals surface area contributed by atoms with Crippen LogP contribution < -0.4 is 0 Å². The average Bonchev–Trinajstić information content (AvgIpc) is 3.43. The zero-order valence-electron chi connectivity index (χ0n) is 19.4. The van der Waals surface area contributed by atoms with Crippen molar-refractivity contribution in [1.82, 2.24) is 9.80 Å². The van der Waals surface area contributed by atoms with Crippen LogP contribution in [0.25, 0.3) is 5.76 Å². The van der Waals surface area contributed by atoms with Gasteiger partial charge in [-0.1, -0.05) is 60.8 Å². The molecule has 1 fully saturated rings. The van der Waals surface area contributed by atoms with E-state index in [1.807, 2.05) is 29.6 Å². The summed E-state index contributed by atoms with van der Waals surface area (Å²) in [5.41, 5.74) is 0.710. The normalized spacial score (nSPS) is 17.9. The molecule has 1 aromatic heterocycles. The van der Waals surface area contributed by atoms with Gasteiger partial charge in [0.25, 0.3) is 11.7 Å². The zero-order chi connectivity index (χ0) is 23.8. The molecule has 0 aliphatic carbocycles. The number of carbonyl (C=O) groups is 2. The topological polar surface area (TPSA) is 60.9 Å². The van der Waals surface area contributed by atoms with Crippen molar-refractivity contribution in [3.05, 3.63) is 62.3 Å². The summed E-state index contributed by atoms with van der Waals surface area (Å²) in [6.45, 7) is 7.90. The highest BCUT2D eigenvalue weighted by Crippen LogP contribution is 2.41. The average molecular weight is 534 g/mol. The summed E-state index contributed by atoms with van der Waals surface area (Å²) in [5, 5.41) is 13.0. The third-order valence-electron chi connectivity index (χ3n) is 6.00. The maximum atomic E-state index is 13.1. The number of thiophene rings is 1. The van der Waals surface area contributed by atoms with E-state index in [1.165, 1.54) is 11.3 Å². The largest absolute Gasteiger partial charge is 0.507 e. The molecule has 2 heterocycles. The van der Waals surface area contributed by atoms with Crippen LogP contribution in [0.15, 0.2) is 51.8 Å². The lowest BCUT2D eigenvalue weighted by Gasteiger charge is -2.26. The molecule has 0 saturated carbocycles. The van der Waals surface area contributed by atoms with Crippen molar-refractivity contribution in [2.75, 3.05) is 26.2 Å². The monoisotopic (exact) mass is 532 g/mol. The Hall–Kier alpha value is -1.96. The number of benzene rings is 1. The Kier molecular flexibility index (Phi) is 9.71. The van der Waals surface area contributed by atoms with Gasteiger partial charge in [0.05, 0.1) is 11.6 Å². The molecule has 1 aromatic carbocycles. The van der Waals surface area contributed by atoms with Gasteiger partial charge in [0.15, 0.2) is 0 Å². The highest BCUT2D eigenvalue weighted by molar-refractivity contribution is 9.10. The number of rotatable bonds is 12. The molecule has 7 heteroatoms. The zero-order valence-corrected chi connectivity index (χ0v) is 21.8. The number of likely N-dealkylation sites (tertiary alicyclic amines) is 1. The van der Waals surface area contributed by atoms with Crippen LogP contribution in [0.3, 0.4) is 0 Å². The second kappa shape index (κ2) is 12.5. The van der Waals surface area contributed by atoms with Gasteiger partial charge < -0.3 is 14.9 Å². The lowest BCUT2D eigenvalue weighted by Crippen LogP contribution is -2.34. The number of amides is 1. The third kappa shape index (κ3) is 6.34. The maximum Gasteiger partial charge on any atom is 0.295 e. The Balaban J connectivity index is 1.83. The molecule has 1 atom stereocenters. The number of carbonyl (C=O) groups excluding carboxylic acids is 2. The van der Waals surface area contributed by atoms with E-state index >= 15 is 0 Å². The number of ketones is 1. The molecule has 2 aromatic rings. The molecule has 3 rings (SSSR count). The summed E-state index contributed by atoms with van der Waals surface area (Å²) in [6.07, 6.45) is 5.44. The number of hydrogen-bond donors (Lipinski definition) is 1. The fourth-order valence-electron chi connectivity index (χ4n) is 4.18. The van der Waals surface area contributed by atoms with Gasteiger partial charge in [-0.05, 0) is 62.5 Å². The van der Waals surface area contributed by atoms with Gasteiger partial charge in [0.2, 0.25) is 0 Å². The van der Waals surface area contributed by atoms with Crippen LogP contribution in [0.2, 0.25) is 0 Å². The second-order valence-corrected chi connectivity index (χ2v) is 10.3. The van der Waals surface area contributed by atoms with Gasteiger partial charge in [0, 0.05) is 21.5 Å². The van der Waals surface area contributed by atoms with Crippen LogP contribution in [0, 0.1) is 0 Å². The fraction of sp³-hybridized carbons (Fsp3) is 0.462. The Morgan fingerprint density at radius 1 is 1.03 bits per heavy atom. The molecular weight excluding hydrogens is 500 g/mol. The van der Waals surface area contributed by atoms with E-state index in [0.717, 1.165) is 61.1 Å². The summed E-state index contributed by atoms with van der Waals surface area (Å²) in [7, 11) is 0. The molecule has 1 amide bonds. The molecule has 1 aliphatic heterocycles. The van der Waals surface area contributed by atoms with E-state index in [-0.39, 0.29) is 11.3 Å². The van der Waals surface area contributed by atoms with E-state index < -0.39 is 17.7 Å². The second-order valence-electron chi connectivity index (χ2n) is 8.42. The molecular formula is C26H33BrN2O3S. The van der Waals surface area contributed by atoms with Crippen molar-refractivity contribution in [2.24, 2.45) is 0 Å². The summed E-state index contributed by atoms with van der Waals surface area (Å²) in [4.78, 5) is 31.1. The molecule has 1 unspecified atom stereocenters. The number of nitrogens with zero attached hydrogens (tertiary/aromatic N) is 2. The smallest absolute Gasteiger partial charge is 0.295 e. The van der Waals surface area contributed by atoms with Crippen molar-refractivity contribution < 1.29 is 14.7 Å². The number of unbranched alkanes of at least 4 members (excludes halogenated alkanes) is 2. The Morgan fingerprint density at radius 3 is 2.24 bits per heavy atom. The quantitative estimate of drug-likeness (QED) is 0.200. The Morgan fingerprint density at radius 2 is 1.67 bits per heavy atom. The first-order valence-electron chi connectivity index (χ1n) is 11.8. The predicted octanol–water partition coefficient (Wildman–Crippen LogP) is 6.22. The summed E-state index contributed by atoms with van der Waals surface area (Å²) in [5.74, 6) is -1.25. The number of aliphatic hydroxyl groups is 1. The molecule has 178 valence electrons. The third-order valence-corrected chi connectivity index (χ3v) is 7.45. The minimum atomic E-state index is -0.609. The molecule has 0 bridgehead atoms. The van der Waals surface area contributed by atoms with Gasteiger partial charge in [-0.2, -0.15) is 0 Å². The van der Waals surface area contributed by atoms with Crippen LogP contribution in [-0.2, 0) is 9.59 Å². The highest BCUT2D eigenvalue weighted by atomic mass is 79.9. The summed E-state index contributed by atoms with van der Waals surface area (Å²) < 4.78 is 0.880. The lowest BCUT2D eigenvalue weighted by atomic mass is 10.00. The maximum absolute atomic E-state index is 13.1. The van der Waals surface area contributed by atoms with Gasteiger partial charge in [0.1, 0.15) is 5.76 Å². The first-order chi connectivity index (χ1) is 16.0. The van der Waals surface area contributed by atoms with Crippen molar-refractivity contribution in [1.29, 1.82) is 0 Å². The molecule has 0 spiro atoms. The summed E-state index contributed by atoms with van der Waals surface area (Å²) in [6, 6.07) is 10.4. The molecule has 1 N–H and O–H groups in total. The Labute approximate surface area is 209 Å². The van der Waals surface area contributed by atoms with Crippen LogP contribution in [0.1, 0.15) is 62.4 Å². The first kappa shape index (κ1) is 25.7. The van der Waals surface area contributed by atoms with Gasteiger partial charge in [-0.3, -0.25) is 9.59 Å². The van der Waals surface area contributed by atoms with E-state index in [4.69, 9.17) is 0 Å². The Bertz CT molecular complexity index is 948. The number of aliphatic hydroxyl groups excluding tert-OH is 1. The number of Topliss-reactive ketones (excluding diaryl/α,β-unsaturated/α-hetero) is 1. The van der Waals surface area contributed by atoms with E-state index in [9.17, 15) is 14.7 Å². The van der Waals surface area contributed by atoms with Crippen molar-refractivity contribution >= 4 is 44.7 Å². The van der Waals surface area contributed by atoms with E-state index in [2.05, 4.69) is 34.7 Å². The van der Waals surface area contributed by atoms with Gasteiger partial charge in [-0.25, -0.2) is 0 Å². The molecule has 5 nitrogen and oxygen atoms in total. The predicted molar refractivity (Wildman–Crippen MR) is 138 cm³/mol.